The number of nitrogens with zero attached hydrogens (tertiary/aromatic N) is 3. The highest BCUT2D eigenvalue weighted by molar-refractivity contribution is 7.99. The number of aromatic hydroxyl groups is 1. The SMILES string of the molecule is Cn1c(CC(=O)Nc2ccccc2Cl)nnc1SCC(=O)Nc1ccccc1O. The van der Waals surface area contributed by atoms with Crippen LogP contribution in [0.25, 0.3) is 0 Å². The van der Waals surface area contributed by atoms with Crippen LogP contribution >= 0.6 is 23.4 Å². The van der Waals surface area contributed by atoms with Gasteiger partial charge >= 0.3 is 0 Å². The standard InChI is InChI=1S/C19H18ClN5O3S/c1-25-16(10-17(27)21-13-7-3-2-6-12(13)20)23-24-19(25)29-11-18(28)22-14-8-4-5-9-15(14)26/h2-9,26H,10-11H2,1H3,(H,21,27)(H,22,28). The molecule has 2 aromatic carbocycles. The molecule has 150 valence electrons. The average molecular weight is 432 g/mol. The van der Waals surface area contributed by atoms with E-state index >= 15 is 0 Å². The number of hydrogen-bond donors (Lipinski definition) is 3. The van der Waals surface area contributed by atoms with Crippen LogP contribution in [0.2, 0.25) is 5.02 Å². The summed E-state index contributed by atoms with van der Waals surface area (Å²) in [7, 11) is 1.72. The van der Waals surface area contributed by atoms with Crippen LogP contribution in [0.3, 0.4) is 0 Å². The first-order chi connectivity index (χ1) is 13.9. The monoisotopic (exact) mass is 431 g/mol. The largest absolute Gasteiger partial charge is 0.506 e. The molecule has 0 radical (unpaired) electrons. The molecule has 0 spiro atoms. The van der Waals surface area contributed by atoms with Gasteiger partial charge in [-0.2, -0.15) is 0 Å². The zero-order valence-corrected chi connectivity index (χ0v) is 17.0. The molecule has 3 rings (SSSR count). The Kier molecular flexibility index (Phi) is 6.73. The second kappa shape index (κ2) is 9.44. The van der Waals surface area contributed by atoms with Gasteiger partial charge in [0.15, 0.2) is 5.16 Å². The Balaban J connectivity index is 1.55. The van der Waals surface area contributed by atoms with E-state index in [4.69, 9.17) is 11.6 Å². The summed E-state index contributed by atoms with van der Waals surface area (Å²) in [5, 5.41) is 24.1. The predicted octanol–water partition coefficient (Wildman–Crippen LogP) is 3.09. The number of nitrogens with one attached hydrogen (secondary N) is 2. The van der Waals surface area contributed by atoms with Gasteiger partial charge in [0, 0.05) is 7.05 Å². The topological polar surface area (TPSA) is 109 Å². The molecule has 0 saturated heterocycles. The van der Waals surface area contributed by atoms with Crippen LogP contribution in [0.5, 0.6) is 5.75 Å². The second-order valence-corrected chi connectivity index (χ2v) is 7.37. The molecule has 8 nitrogen and oxygen atoms in total. The number of phenolic OH excluding ortho intramolecular Hbond substituents is 1. The number of halogens is 1. The van der Waals surface area contributed by atoms with Crippen LogP contribution in [0.15, 0.2) is 53.7 Å². The Morgan fingerprint density at radius 1 is 1.03 bits per heavy atom. The van der Waals surface area contributed by atoms with Gasteiger partial charge in [-0.3, -0.25) is 9.59 Å². The number of aromatic nitrogens is 3. The van der Waals surface area contributed by atoms with Crippen molar-refractivity contribution >= 4 is 46.6 Å². The molecule has 0 aliphatic heterocycles. The van der Waals surface area contributed by atoms with E-state index < -0.39 is 0 Å². The fraction of sp³-hybridized carbons (Fsp3) is 0.158. The molecular formula is C19H18ClN5O3S. The number of amides is 2. The number of anilines is 2. The first-order valence-electron chi connectivity index (χ1n) is 8.57. The van der Waals surface area contributed by atoms with E-state index in [9.17, 15) is 14.7 Å². The molecule has 1 aromatic heterocycles. The highest BCUT2D eigenvalue weighted by atomic mass is 35.5. The lowest BCUT2D eigenvalue weighted by molar-refractivity contribution is -0.116. The summed E-state index contributed by atoms with van der Waals surface area (Å²) in [6, 6.07) is 13.4. The lowest BCUT2D eigenvalue weighted by Gasteiger charge is -2.08. The Morgan fingerprint density at radius 3 is 2.41 bits per heavy atom. The Bertz CT molecular complexity index is 1040. The Morgan fingerprint density at radius 2 is 1.69 bits per heavy atom. The molecule has 0 bridgehead atoms. The number of para-hydroxylation sites is 3. The van der Waals surface area contributed by atoms with Crippen LogP contribution in [-0.4, -0.2) is 37.4 Å². The summed E-state index contributed by atoms with van der Waals surface area (Å²) in [5.74, 6) is -0.0407. The van der Waals surface area contributed by atoms with Gasteiger partial charge in [-0.1, -0.05) is 47.6 Å². The normalized spacial score (nSPS) is 10.6. The maximum absolute atomic E-state index is 12.3. The minimum atomic E-state index is -0.294. The van der Waals surface area contributed by atoms with Crippen LogP contribution < -0.4 is 10.6 Å². The maximum Gasteiger partial charge on any atom is 0.234 e. The van der Waals surface area contributed by atoms with Crippen molar-refractivity contribution in [2.75, 3.05) is 16.4 Å². The second-order valence-electron chi connectivity index (χ2n) is 6.02. The van der Waals surface area contributed by atoms with Crippen molar-refractivity contribution in [2.24, 2.45) is 7.05 Å². The number of carbonyl (C=O) groups excluding carboxylic acids is 2. The third kappa shape index (κ3) is 5.49. The summed E-state index contributed by atoms with van der Waals surface area (Å²) < 4.78 is 1.66. The first-order valence-corrected chi connectivity index (χ1v) is 9.93. The number of phenols is 1. The summed E-state index contributed by atoms with van der Waals surface area (Å²) in [6.45, 7) is 0. The summed E-state index contributed by atoms with van der Waals surface area (Å²) in [6.07, 6.45) is 0.0133. The van der Waals surface area contributed by atoms with Gasteiger partial charge in [0.2, 0.25) is 11.8 Å². The fourth-order valence-electron chi connectivity index (χ4n) is 2.42. The van der Waals surface area contributed by atoms with Crippen molar-refractivity contribution in [1.82, 2.24) is 14.8 Å². The third-order valence-corrected chi connectivity index (χ3v) is 5.25. The molecule has 0 aliphatic carbocycles. The minimum Gasteiger partial charge on any atom is -0.506 e. The van der Waals surface area contributed by atoms with E-state index in [0.29, 0.717) is 27.4 Å². The molecule has 0 aliphatic rings. The Hall–Kier alpha value is -3.04. The van der Waals surface area contributed by atoms with Crippen molar-refractivity contribution in [3.05, 3.63) is 59.4 Å². The molecular weight excluding hydrogens is 414 g/mol. The van der Waals surface area contributed by atoms with E-state index in [-0.39, 0.29) is 29.7 Å². The first kappa shape index (κ1) is 20.7. The number of rotatable bonds is 7. The highest BCUT2D eigenvalue weighted by Crippen LogP contribution is 2.23. The maximum atomic E-state index is 12.3. The van der Waals surface area contributed by atoms with E-state index in [2.05, 4.69) is 20.8 Å². The molecule has 3 aromatic rings. The van der Waals surface area contributed by atoms with Crippen LogP contribution in [0.1, 0.15) is 5.82 Å². The van der Waals surface area contributed by atoms with Gasteiger partial charge in [-0.15, -0.1) is 10.2 Å². The van der Waals surface area contributed by atoms with Gasteiger partial charge in [0.1, 0.15) is 11.6 Å². The predicted molar refractivity (Wildman–Crippen MR) is 112 cm³/mol. The van der Waals surface area contributed by atoms with Gasteiger partial charge in [-0.25, -0.2) is 0 Å². The molecule has 0 atom stereocenters. The minimum absolute atomic E-state index is 0.00340. The number of hydrogen-bond acceptors (Lipinski definition) is 6. The fourth-order valence-corrected chi connectivity index (χ4v) is 3.33. The van der Waals surface area contributed by atoms with Crippen molar-refractivity contribution < 1.29 is 14.7 Å². The zero-order chi connectivity index (χ0) is 20.8. The van der Waals surface area contributed by atoms with Gasteiger partial charge < -0.3 is 20.3 Å². The molecule has 2 amide bonds. The number of benzene rings is 2. The third-order valence-electron chi connectivity index (χ3n) is 3.90. The van der Waals surface area contributed by atoms with Crippen LogP contribution in [0.4, 0.5) is 11.4 Å². The molecule has 0 fully saturated rings. The lowest BCUT2D eigenvalue weighted by Crippen LogP contribution is -2.17. The highest BCUT2D eigenvalue weighted by Gasteiger charge is 2.15. The molecule has 3 N–H and O–H groups in total. The van der Waals surface area contributed by atoms with E-state index in [1.807, 2.05) is 0 Å². The number of thioether (sulfide) groups is 1. The molecule has 29 heavy (non-hydrogen) atoms. The van der Waals surface area contributed by atoms with Crippen molar-refractivity contribution in [2.45, 2.75) is 11.6 Å². The molecule has 0 unspecified atom stereocenters. The summed E-state index contributed by atoms with van der Waals surface area (Å²) in [4.78, 5) is 24.3. The van der Waals surface area contributed by atoms with E-state index in [1.54, 1.807) is 54.1 Å². The van der Waals surface area contributed by atoms with E-state index in [1.165, 1.54) is 17.8 Å². The van der Waals surface area contributed by atoms with Crippen molar-refractivity contribution in [1.29, 1.82) is 0 Å². The van der Waals surface area contributed by atoms with Crippen molar-refractivity contribution in [3.63, 3.8) is 0 Å². The number of carbonyl (C=O) groups is 2. The van der Waals surface area contributed by atoms with Gasteiger partial charge in [0.05, 0.1) is 28.6 Å². The summed E-state index contributed by atoms with van der Waals surface area (Å²) >= 11 is 7.22. The molecule has 1 heterocycles. The van der Waals surface area contributed by atoms with Gasteiger partial charge in [0.25, 0.3) is 0 Å². The average Bonchev–Trinajstić information content (AvgIpc) is 3.03. The summed E-state index contributed by atoms with van der Waals surface area (Å²) in [5.41, 5.74) is 0.866. The smallest absolute Gasteiger partial charge is 0.234 e. The Labute approximate surface area is 176 Å². The lowest BCUT2D eigenvalue weighted by atomic mass is 10.3. The quantitative estimate of drug-likeness (QED) is 0.392. The van der Waals surface area contributed by atoms with Crippen molar-refractivity contribution in [3.8, 4) is 5.75 Å². The zero-order valence-electron chi connectivity index (χ0n) is 15.4. The van der Waals surface area contributed by atoms with Gasteiger partial charge in [-0.05, 0) is 24.3 Å². The van der Waals surface area contributed by atoms with E-state index in [0.717, 1.165) is 0 Å². The van der Waals surface area contributed by atoms with Crippen LogP contribution in [-0.2, 0) is 23.1 Å². The van der Waals surface area contributed by atoms with Crippen LogP contribution in [0, 0.1) is 0 Å². The molecule has 10 heteroatoms. The molecule has 0 saturated carbocycles.